The highest BCUT2D eigenvalue weighted by atomic mass is 16.6. The molecule has 1 saturated heterocycles. The van der Waals surface area contributed by atoms with Gasteiger partial charge < -0.3 is 20.1 Å². The SMILES string of the molecule is Cc1cn(CC(=O)N2C[C@H](CO)[C@@H](NC(=O)OC(C)(C)C)C2)c(=O)[nH]c1=O. The third-order valence-electron chi connectivity index (χ3n) is 4.22. The van der Waals surface area contributed by atoms with Crippen molar-refractivity contribution in [2.24, 2.45) is 5.92 Å². The van der Waals surface area contributed by atoms with Crippen LogP contribution in [0.3, 0.4) is 0 Å². The summed E-state index contributed by atoms with van der Waals surface area (Å²) in [6.45, 7) is 6.75. The molecule has 1 aromatic heterocycles. The first-order valence-electron chi connectivity index (χ1n) is 8.68. The Balaban J connectivity index is 2.04. The minimum absolute atomic E-state index is 0.195. The Kier molecular flexibility index (Phi) is 6.09. The Morgan fingerprint density at radius 2 is 2.00 bits per heavy atom. The van der Waals surface area contributed by atoms with Crippen molar-refractivity contribution in [3.63, 3.8) is 0 Å². The molecule has 27 heavy (non-hydrogen) atoms. The van der Waals surface area contributed by atoms with E-state index in [1.54, 1.807) is 20.8 Å². The highest BCUT2D eigenvalue weighted by Gasteiger charge is 2.36. The van der Waals surface area contributed by atoms with Crippen molar-refractivity contribution >= 4 is 12.0 Å². The molecule has 1 aromatic rings. The van der Waals surface area contributed by atoms with Gasteiger partial charge in [-0.2, -0.15) is 0 Å². The Morgan fingerprint density at radius 1 is 1.33 bits per heavy atom. The number of amides is 2. The zero-order valence-electron chi connectivity index (χ0n) is 15.9. The lowest BCUT2D eigenvalue weighted by Crippen LogP contribution is -2.44. The monoisotopic (exact) mass is 382 g/mol. The van der Waals surface area contributed by atoms with E-state index in [2.05, 4.69) is 10.3 Å². The highest BCUT2D eigenvalue weighted by molar-refractivity contribution is 5.76. The van der Waals surface area contributed by atoms with Gasteiger partial charge in [-0.25, -0.2) is 9.59 Å². The second-order valence-electron chi connectivity index (χ2n) is 7.69. The van der Waals surface area contributed by atoms with Gasteiger partial charge in [-0.15, -0.1) is 0 Å². The smallest absolute Gasteiger partial charge is 0.407 e. The van der Waals surface area contributed by atoms with Crippen LogP contribution in [0.15, 0.2) is 15.8 Å². The van der Waals surface area contributed by atoms with E-state index in [1.165, 1.54) is 18.0 Å². The van der Waals surface area contributed by atoms with Gasteiger partial charge in [0, 0.05) is 37.4 Å². The second-order valence-corrected chi connectivity index (χ2v) is 7.69. The van der Waals surface area contributed by atoms with Crippen molar-refractivity contribution < 1.29 is 19.4 Å². The van der Waals surface area contributed by atoms with Gasteiger partial charge in [-0.05, 0) is 27.7 Å². The number of aromatic nitrogens is 2. The van der Waals surface area contributed by atoms with Gasteiger partial charge >= 0.3 is 11.8 Å². The minimum atomic E-state index is -0.666. The Labute approximate surface area is 156 Å². The maximum atomic E-state index is 12.5. The van der Waals surface area contributed by atoms with Crippen molar-refractivity contribution in [2.45, 2.75) is 45.9 Å². The molecule has 1 fully saturated rings. The second kappa shape index (κ2) is 7.95. The molecule has 1 aliphatic heterocycles. The summed E-state index contributed by atoms with van der Waals surface area (Å²) in [5.74, 6) is -0.689. The summed E-state index contributed by atoms with van der Waals surface area (Å²) < 4.78 is 6.34. The molecule has 2 heterocycles. The predicted molar refractivity (Wildman–Crippen MR) is 96.4 cm³/mol. The number of carbonyl (C=O) groups excluding carboxylic acids is 2. The molecular weight excluding hydrogens is 356 g/mol. The number of ether oxygens (including phenoxy) is 1. The topological polar surface area (TPSA) is 134 Å². The standard InChI is InChI=1S/C17H26N4O6/c1-10-5-21(15(25)19-14(10)24)8-13(23)20-6-11(9-22)12(7-20)18-16(26)27-17(2,3)4/h5,11-12,22H,6-9H2,1-4H3,(H,18,26)(H,19,24,25)/t11-,12+/m1/s1. The van der Waals surface area contributed by atoms with E-state index >= 15 is 0 Å². The number of hydrogen-bond donors (Lipinski definition) is 3. The van der Waals surface area contributed by atoms with Gasteiger partial charge in [0.1, 0.15) is 12.1 Å². The number of aryl methyl sites for hydroxylation is 1. The number of aromatic amines is 1. The zero-order chi connectivity index (χ0) is 20.4. The maximum absolute atomic E-state index is 12.5. The quantitative estimate of drug-likeness (QED) is 0.624. The van der Waals surface area contributed by atoms with E-state index < -0.39 is 29.0 Å². The number of aliphatic hydroxyl groups is 1. The lowest BCUT2D eigenvalue weighted by molar-refractivity contribution is -0.131. The maximum Gasteiger partial charge on any atom is 0.407 e. The molecule has 2 atom stereocenters. The number of likely N-dealkylation sites (tertiary alicyclic amines) is 1. The fourth-order valence-corrected chi connectivity index (χ4v) is 2.86. The summed E-state index contributed by atoms with van der Waals surface area (Å²) in [6, 6.07) is -0.456. The van der Waals surface area contributed by atoms with E-state index in [0.29, 0.717) is 5.56 Å². The molecule has 1 aliphatic rings. The third kappa shape index (κ3) is 5.43. The van der Waals surface area contributed by atoms with E-state index in [1.807, 2.05) is 0 Å². The Hall–Kier alpha value is -2.62. The molecule has 0 unspecified atom stereocenters. The van der Waals surface area contributed by atoms with E-state index in [9.17, 15) is 24.3 Å². The fraction of sp³-hybridized carbons (Fsp3) is 0.647. The number of aliphatic hydroxyl groups excluding tert-OH is 1. The third-order valence-corrected chi connectivity index (χ3v) is 4.22. The van der Waals surface area contributed by atoms with Crippen molar-refractivity contribution in [1.82, 2.24) is 19.8 Å². The van der Waals surface area contributed by atoms with E-state index in [0.717, 1.165) is 4.57 Å². The molecule has 0 radical (unpaired) electrons. The molecule has 0 aliphatic carbocycles. The van der Waals surface area contributed by atoms with Crippen LogP contribution in [0.1, 0.15) is 26.3 Å². The molecule has 0 aromatic carbocycles. The van der Waals surface area contributed by atoms with Crippen molar-refractivity contribution in [2.75, 3.05) is 19.7 Å². The van der Waals surface area contributed by atoms with Crippen LogP contribution in [0.4, 0.5) is 4.79 Å². The van der Waals surface area contributed by atoms with Crippen LogP contribution in [0, 0.1) is 12.8 Å². The average Bonchev–Trinajstić information content (AvgIpc) is 2.93. The lowest BCUT2D eigenvalue weighted by atomic mass is 10.1. The normalized spacial score (nSPS) is 19.8. The van der Waals surface area contributed by atoms with Crippen LogP contribution in [0.2, 0.25) is 0 Å². The molecule has 2 rings (SSSR count). The molecule has 0 saturated carbocycles. The van der Waals surface area contributed by atoms with Crippen LogP contribution in [-0.4, -0.2) is 62.9 Å². The minimum Gasteiger partial charge on any atom is -0.444 e. The summed E-state index contributed by atoms with van der Waals surface area (Å²) in [7, 11) is 0. The highest BCUT2D eigenvalue weighted by Crippen LogP contribution is 2.18. The van der Waals surface area contributed by atoms with Gasteiger partial charge in [0.05, 0.1) is 6.04 Å². The first-order valence-corrected chi connectivity index (χ1v) is 8.68. The number of nitrogens with zero attached hydrogens (tertiary/aromatic N) is 2. The summed E-state index contributed by atoms with van der Waals surface area (Å²) >= 11 is 0. The van der Waals surface area contributed by atoms with Crippen molar-refractivity contribution in [1.29, 1.82) is 0 Å². The predicted octanol–water partition coefficient (Wildman–Crippen LogP) is -0.811. The van der Waals surface area contributed by atoms with Gasteiger partial charge in [-0.3, -0.25) is 19.1 Å². The molecule has 150 valence electrons. The fourth-order valence-electron chi connectivity index (χ4n) is 2.86. The molecular formula is C17H26N4O6. The molecule has 10 heteroatoms. The lowest BCUT2D eigenvalue weighted by Gasteiger charge is -2.23. The number of H-pyrrole nitrogens is 1. The van der Waals surface area contributed by atoms with E-state index in [-0.39, 0.29) is 38.1 Å². The number of hydrogen-bond acceptors (Lipinski definition) is 6. The van der Waals surface area contributed by atoms with Crippen molar-refractivity contribution in [3.8, 4) is 0 Å². The summed E-state index contributed by atoms with van der Waals surface area (Å²) in [5, 5.41) is 12.2. The molecule has 10 nitrogen and oxygen atoms in total. The summed E-state index contributed by atoms with van der Waals surface area (Å²) in [5.41, 5.74) is -1.50. The Bertz CT molecular complexity index is 822. The molecule has 2 amide bonds. The number of alkyl carbamates (subject to hydrolysis) is 1. The first-order chi connectivity index (χ1) is 12.5. The van der Waals surface area contributed by atoms with Crippen molar-refractivity contribution in [3.05, 3.63) is 32.6 Å². The van der Waals surface area contributed by atoms with Crippen LogP contribution in [0.5, 0.6) is 0 Å². The number of rotatable bonds is 4. The average molecular weight is 382 g/mol. The van der Waals surface area contributed by atoms with Gasteiger partial charge in [0.2, 0.25) is 5.91 Å². The Morgan fingerprint density at radius 3 is 2.59 bits per heavy atom. The molecule has 0 bridgehead atoms. The summed E-state index contributed by atoms with van der Waals surface area (Å²) in [4.78, 5) is 51.4. The van der Waals surface area contributed by atoms with E-state index in [4.69, 9.17) is 4.74 Å². The van der Waals surface area contributed by atoms with Crippen LogP contribution < -0.4 is 16.6 Å². The molecule has 0 spiro atoms. The van der Waals surface area contributed by atoms with Gasteiger partial charge in [0.15, 0.2) is 0 Å². The van der Waals surface area contributed by atoms with Crippen LogP contribution in [0.25, 0.3) is 0 Å². The molecule has 3 N–H and O–H groups in total. The van der Waals surface area contributed by atoms with Crippen LogP contribution in [-0.2, 0) is 16.1 Å². The van der Waals surface area contributed by atoms with Crippen LogP contribution >= 0.6 is 0 Å². The van der Waals surface area contributed by atoms with Gasteiger partial charge in [-0.1, -0.05) is 0 Å². The number of carbonyl (C=O) groups is 2. The summed E-state index contributed by atoms with van der Waals surface area (Å²) in [6.07, 6.45) is 0.711. The number of nitrogens with one attached hydrogen (secondary N) is 2. The van der Waals surface area contributed by atoms with Gasteiger partial charge in [0.25, 0.3) is 5.56 Å². The largest absolute Gasteiger partial charge is 0.444 e. The zero-order valence-corrected chi connectivity index (χ0v) is 15.9. The first kappa shape index (κ1) is 20.7.